The van der Waals surface area contributed by atoms with E-state index in [0.717, 1.165) is 6.07 Å². The standard InChI is InChI=1S/C13H8Cl2FNO/c14-10-5-2-6-11(12(10)15)17-13(18)8-3-1-4-9(16)7-8/h1-7H,(H,17,18). The molecule has 5 heteroatoms. The van der Waals surface area contributed by atoms with Gasteiger partial charge in [-0.25, -0.2) is 4.39 Å². The smallest absolute Gasteiger partial charge is 0.255 e. The molecule has 0 atom stereocenters. The zero-order valence-electron chi connectivity index (χ0n) is 9.08. The predicted molar refractivity (Wildman–Crippen MR) is 70.8 cm³/mol. The first-order valence-corrected chi connectivity index (χ1v) is 5.84. The summed E-state index contributed by atoms with van der Waals surface area (Å²) in [5.74, 6) is -0.918. The van der Waals surface area contributed by atoms with E-state index in [0.29, 0.717) is 10.7 Å². The zero-order valence-corrected chi connectivity index (χ0v) is 10.6. The first-order chi connectivity index (χ1) is 8.58. The first-order valence-electron chi connectivity index (χ1n) is 5.09. The van der Waals surface area contributed by atoms with E-state index >= 15 is 0 Å². The van der Waals surface area contributed by atoms with Gasteiger partial charge in [-0.1, -0.05) is 35.3 Å². The highest BCUT2D eigenvalue weighted by Crippen LogP contribution is 2.29. The fourth-order valence-electron chi connectivity index (χ4n) is 1.42. The molecule has 0 saturated carbocycles. The SMILES string of the molecule is O=C(Nc1cccc(Cl)c1Cl)c1cccc(F)c1. The number of carbonyl (C=O) groups is 1. The second-order valence-corrected chi connectivity index (χ2v) is 4.35. The molecule has 0 radical (unpaired) electrons. The third-order valence-corrected chi connectivity index (χ3v) is 3.11. The fourth-order valence-corrected chi connectivity index (χ4v) is 1.77. The lowest BCUT2D eigenvalue weighted by Crippen LogP contribution is -2.12. The zero-order chi connectivity index (χ0) is 13.1. The van der Waals surface area contributed by atoms with Crippen molar-refractivity contribution in [1.82, 2.24) is 0 Å². The van der Waals surface area contributed by atoms with Crippen LogP contribution in [0, 0.1) is 5.82 Å². The van der Waals surface area contributed by atoms with Gasteiger partial charge >= 0.3 is 0 Å². The Morgan fingerprint density at radius 3 is 2.56 bits per heavy atom. The van der Waals surface area contributed by atoms with Crippen LogP contribution in [0.5, 0.6) is 0 Å². The Hall–Kier alpha value is -1.58. The number of carbonyl (C=O) groups excluding carboxylic acids is 1. The second-order valence-electron chi connectivity index (χ2n) is 3.57. The highest BCUT2D eigenvalue weighted by atomic mass is 35.5. The summed E-state index contributed by atoms with van der Waals surface area (Å²) in [4.78, 5) is 11.9. The Morgan fingerprint density at radius 1 is 1.11 bits per heavy atom. The van der Waals surface area contributed by atoms with Crippen LogP contribution in [0.3, 0.4) is 0 Å². The number of amides is 1. The number of benzene rings is 2. The van der Waals surface area contributed by atoms with Gasteiger partial charge in [-0.05, 0) is 30.3 Å². The Labute approximate surface area is 113 Å². The van der Waals surface area contributed by atoms with Gasteiger partial charge in [0.1, 0.15) is 5.82 Å². The van der Waals surface area contributed by atoms with Gasteiger partial charge in [-0.15, -0.1) is 0 Å². The van der Waals surface area contributed by atoms with Crippen molar-refractivity contribution in [2.45, 2.75) is 0 Å². The average Bonchev–Trinajstić information content (AvgIpc) is 2.35. The van der Waals surface area contributed by atoms with Gasteiger partial charge < -0.3 is 5.32 Å². The van der Waals surface area contributed by atoms with E-state index in [4.69, 9.17) is 23.2 Å². The maximum absolute atomic E-state index is 13.0. The van der Waals surface area contributed by atoms with Crippen LogP contribution in [0.1, 0.15) is 10.4 Å². The molecule has 0 fully saturated rings. The van der Waals surface area contributed by atoms with Crippen LogP contribution >= 0.6 is 23.2 Å². The summed E-state index contributed by atoms with van der Waals surface area (Å²) < 4.78 is 13.0. The monoisotopic (exact) mass is 283 g/mol. The minimum Gasteiger partial charge on any atom is -0.321 e. The third kappa shape index (κ3) is 2.81. The van der Waals surface area contributed by atoms with Crippen LogP contribution in [0.4, 0.5) is 10.1 Å². The molecule has 1 N–H and O–H groups in total. The van der Waals surface area contributed by atoms with Gasteiger partial charge in [0.05, 0.1) is 15.7 Å². The van der Waals surface area contributed by atoms with Crippen LogP contribution in [-0.2, 0) is 0 Å². The van der Waals surface area contributed by atoms with E-state index in [-0.39, 0.29) is 10.6 Å². The average molecular weight is 284 g/mol. The third-order valence-electron chi connectivity index (χ3n) is 2.29. The Kier molecular flexibility index (Phi) is 3.84. The molecule has 0 aliphatic heterocycles. The summed E-state index contributed by atoms with van der Waals surface area (Å²) in [5, 5.41) is 3.17. The molecule has 0 aliphatic rings. The molecule has 18 heavy (non-hydrogen) atoms. The van der Waals surface area contributed by atoms with E-state index < -0.39 is 11.7 Å². The van der Waals surface area contributed by atoms with Crippen LogP contribution in [0.2, 0.25) is 10.0 Å². The molecule has 2 aromatic carbocycles. The minimum atomic E-state index is -0.472. The van der Waals surface area contributed by atoms with Crippen molar-refractivity contribution < 1.29 is 9.18 Å². The molecule has 2 nitrogen and oxygen atoms in total. The lowest BCUT2D eigenvalue weighted by Gasteiger charge is -2.08. The number of halogens is 3. The fraction of sp³-hybridized carbons (Fsp3) is 0. The Bertz CT molecular complexity index is 601. The molecule has 0 spiro atoms. The molecule has 92 valence electrons. The maximum atomic E-state index is 13.0. The molecule has 2 aromatic rings. The molecular weight excluding hydrogens is 276 g/mol. The summed E-state index contributed by atoms with van der Waals surface area (Å²) in [6.45, 7) is 0. The molecule has 0 saturated heterocycles. The number of nitrogens with one attached hydrogen (secondary N) is 1. The Morgan fingerprint density at radius 2 is 1.83 bits per heavy atom. The van der Waals surface area contributed by atoms with E-state index in [1.54, 1.807) is 18.2 Å². The quantitative estimate of drug-likeness (QED) is 0.870. The van der Waals surface area contributed by atoms with Crippen LogP contribution in [0.15, 0.2) is 42.5 Å². The van der Waals surface area contributed by atoms with E-state index in [1.807, 2.05) is 0 Å². The van der Waals surface area contributed by atoms with Crippen molar-refractivity contribution in [3.63, 3.8) is 0 Å². The molecule has 0 unspecified atom stereocenters. The summed E-state index contributed by atoms with van der Waals surface area (Å²) >= 11 is 11.8. The van der Waals surface area contributed by atoms with Crippen molar-refractivity contribution in [1.29, 1.82) is 0 Å². The first kappa shape index (κ1) is 12.9. The van der Waals surface area contributed by atoms with Crippen LogP contribution < -0.4 is 5.32 Å². The van der Waals surface area contributed by atoms with Gasteiger partial charge in [-0.3, -0.25) is 4.79 Å². The normalized spacial score (nSPS) is 10.2. The van der Waals surface area contributed by atoms with Crippen molar-refractivity contribution in [2.24, 2.45) is 0 Å². The molecule has 0 heterocycles. The van der Waals surface area contributed by atoms with E-state index in [9.17, 15) is 9.18 Å². The van der Waals surface area contributed by atoms with Crippen molar-refractivity contribution in [3.8, 4) is 0 Å². The molecule has 1 amide bonds. The van der Waals surface area contributed by atoms with Gasteiger partial charge in [-0.2, -0.15) is 0 Å². The molecule has 0 aliphatic carbocycles. The summed E-state index contributed by atoms with van der Waals surface area (Å²) in [6.07, 6.45) is 0. The van der Waals surface area contributed by atoms with E-state index in [1.165, 1.54) is 18.2 Å². The van der Waals surface area contributed by atoms with Gasteiger partial charge in [0.2, 0.25) is 0 Å². The summed E-state index contributed by atoms with van der Waals surface area (Å²) in [5.41, 5.74) is 0.601. The van der Waals surface area contributed by atoms with Crippen molar-refractivity contribution >= 4 is 34.8 Å². The topological polar surface area (TPSA) is 29.1 Å². The predicted octanol–water partition coefficient (Wildman–Crippen LogP) is 4.38. The summed E-state index contributed by atoms with van der Waals surface area (Å²) in [7, 11) is 0. The Balaban J connectivity index is 2.24. The lowest BCUT2D eigenvalue weighted by atomic mass is 10.2. The van der Waals surface area contributed by atoms with Crippen LogP contribution in [-0.4, -0.2) is 5.91 Å². The number of hydrogen-bond acceptors (Lipinski definition) is 1. The largest absolute Gasteiger partial charge is 0.321 e. The number of hydrogen-bond donors (Lipinski definition) is 1. The van der Waals surface area contributed by atoms with Gasteiger partial charge in [0.25, 0.3) is 5.91 Å². The highest BCUT2D eigenvalue weighted by molar-refractivity contribution is 6.44. The minimum absolute atomic E-state index is 0.214. The van der Waals surface area contributed by atoms with Gasteiger partial charge in [0.15, 0.2) is 0 Å². The van der Waals surface area contributed by atoms with Gasteiger partial charge in [0, 0.05) is 5.56 Å². The molecule has 0 aromatic heterocycles. The number of rotatable bonds is 2. The van der Waals surface area contributed by atoms with Crippen molar-refractivity contribution in [2.75, 3.05) is 5.32 Å². The van der Waals surface area contributed by atoms with Crippen molar-refractivity contribution in [3.05, 3.63) is 63.9 Å². The number of anilines is 1. The molecule has 2 rings (SSSR count). The maximum Gasteiger partial charge on any atom is 0.255 e. The molecule has 0 bridgehead atoms. The van der Waals surface area contributed by atoms with E-state index in [2.05, 4.69) is 5.32 Å². The van der Waals surface area contributed by atoms with Crippen LogP contribution in [0.25, 0.3) is 0 Å². The lowest BCUT2D eigenvalue weighted by molar-refractivity contribution is 0.102. The molecular formula is C13H8Cl2FNO. The summed E-state index contributed by atoms with van der Waals surface area (Å²) in [6, 6.07) is 10.3. The second kappa shape index (κ2) is 5.38. The highest BCUT2D eigenvalue weighted by Gasteiger charge is 2.10.